The van der Waals surface area contributed by atoms with Crippen molar-refractivity contribution in [1.29, 1.82) is 0 Å². The first-order chi connectivity index (χ1) is 20.6. The number of anilines is 1. The second-order valence-corrected chi connectivity index (χ2v) is 10.9. The molecule has 0 radical (unpaired) electrons. The van der Waals surface area contributed by atoms with Crippen molar-refractivity contribution in [3.05, 3.63) is 59.2 Å². The number of aryl methyl sites for hydroxylation is 1. The predicted molar refractivity (Wildman–Crippen MR) is 163 cm³/mol. The number of halogens is 1. The van der Waals surface area contributed by atoms with Gasteiger partial charge in [0.2, 0.25) is 17.7 Å². The topological polar surface area (TPSA) is 169 Å². The number of rotatable bonds is 14. The number of nitrogens with two attached hydrogens (primary N) is 1. The molecule has 1 atom stereocenters. The van der Waals surface area contributed by atoms with Gasteiger partial charge in [-0.1, -0.05) is 30.3 Å². The van der Waals surface area contributed by atoms with Gasteiger partial charge in [0.25, 0.3) is 0 Å². The molecule has 1 unspecified atom stereocenters. The summed E-state index contributed by atoms with van der Waals surface area (Å²) in [5, 5.41) is 25.0. The third kappa shape index (κ3) is 10.4. The number of phenolic OH excluding ortho intramolecular Hbond substituents is 1. The second kappa shape index (κ2) is 16.7. The van der Waals surface area contributed by atoms with Gasteiger partial charge in [-0.25, -0.2) is 4.79 Å². The zero-order valence-corrected chi connectivity index (χ0v) is 25.2. The van der Waals surface area contributed by atoms with Crippen LogP contribution in [0.1, 0.15) is 36.0 Å². The number of primary amides is 1. The van der Waals surface area contributed by atoms with E-state index in [0.717, 1.165) is 18.5 Å². The molecule has 2 aromatic rings. The summed E-state index contributed by atoms with van der Waals surface area (Å²) in [6.07, 6.45) is 1.36. The maximum Gasteiger partial charge on any atom is 0.319 e. The summed E-state index contributed by atoms with van der Waals surface area (Å²) >= 11 is 5.75. The molecule has 0 aromatic heterocycles. The van der Waals surface area contributed by atoms with Gasteiger partial charge in [0, 0.05) is 51.1 Å². The molecule has 5 amide bonds. The summed E-state index contributed by atoms with van der Waals surface area (Å²) in [5.74, 6) is -1.01. The standard InChI is InChI=1S/C30H41ClN6O6/c1-21-5-2-6-23(19-38)28(21)34-30(43)33-25(17-22-8-10-24(39)11-9-22)29(42)36(13-3-7-26(32)40)16-15-35-12-4-14-37(20-35)27(41)18-31/h2,5-6,8-11,25,38-39H,3-4,7,12-20H2,1H3,(H2,32,40)(H2,33,34,43). The summed E-state index contributed by atoms with van der Waals surface area (Å²) < 4.78 is 0. The van der Waals surface area contributed by atoms with E-state index in [4.69, 9.17) is 17.3 Å². The van der Waals surface area contributed by atoms with Crippen molar-refractivity contribution in [2.45, 2.75) is 45.3 Å². The van der Waals surface area contributed by atoms with Gasteiger partial charge in [0.1, 0.15) is 17.7 Å². The molecule has 0 spiro atoms. The summed E-state index contributed by atoms with van der Waals surface area (Å²) in [5.41, 5.74) is 7.80. The molecule has 12 nitrogen and oxygen atoms in total. The first-order valence-corrected chi connectivity index (χ1v) is 14.8. The number of aliphatic hydroxyl groups is 1. The van der Waals surface area contributed by atoms with Crippen LogP contribution >= 0.6 is 11.6 Å². The molecule has 234 valence electrons. The molecule has 1 fully saturated rings. The number of amides is 5. The zero-order chi connectivity index (χ0) is 31.4. The van der Waals surface area contributed by atoms with Crippen LogP contribution < -0.4 is 16.4 Å². The highest BCUT2D eigenvalue weighted by Crippen LogP contribution is 2.21. The van der Waals surface area contributed by atoms with Crippen molar-refractivity contribution in [3.63, 3.8) is 0 Å². The largest absolute Gasteiger partial charge is 0.508 e. The van der Waals surface area contributed by atoms with Gasteiger partial charge in [0.15, 0.2) is 0 Å². The molecule has 0 aliphatic carbocycles. The Morgan fingerprint density at radius 1 is 1.09 bits per heavy atom. The number of para-hydroxylation sites is 1. The highest BCUT2D eigenvalue weighted by Gasteiger charge is 2.28. The average molecular weight is 617 g/mol. The molecule has 1 aliphatic rings. The fourth-order valence-electron chi connectivity index (χ4n) is 5.01. The van der Waals surface area contributed by atoms with Crippen LogP contribution in [0.4, 0.5) is 10.5 Å². The number of carbonyl (C=O) groups is 4. The fraction of sp³-hybridized carbons (Fsp3) is 0.467. The SMILES string of the molecule is Cc1cccc(CO)c1NC(=O)NC(Cc1ccc(O)cc1)C(=O)N(CCCC(N)=O)CCN1CCCN(C(=O)CCl)C1. The van der Waals surface area contributed by atoms with Crippen LogP contribution in [0.5, 0.6) is 5.75 Å². The summed E-state index contributed by atoms with van der Waals surface area (Å²) in [6, 6.07) is 10.0. The van der Waals surface area contributed by atoms with Crippen molar-refractivity contribution in [2.75, 3.05) is 50.6 Å². The van der Waals surface area contributed by atoms with E-state index in [9.17, 15) is 29.4 Å². The Morgan fingerprint density at radius 2 is 1.84 bits per heavy atom. The van der Waals surface area contributed by atoms with E-state index in [-0.39, 0.29) is 49.4 Å². The van der Waals surface area contributed by atoms with Crippen LogP contribution in [0.2, 0.25) is 0 Å². The number of nitrogens with zero attached hydrogens (tertiary/aromatic N) is 3. The van der Waals surface area contributed by atoms with Gasteiger partial charge in [-0.2, -0.15) is 0 Å². The van der Waals surface area contributed by atoms with Crippen LogP contribution in [-0.4, -0.2) is 100.0 Å². The molecular weight excluding hydrogens is 576 g/mol. The van der Waals surface area contributed by atoms with E-state index in [1.807, 2.05) is 0 Å². The van der Waals surface area contributed by atoms with Crippen LogP contribution in [0.15, 0.2) is 42.5 Å². The van der Waals surface area contributed by atoms with E-state index in [1.165, 1.54) is 12.1 Å². The van der Waals surface area contributed by atoms with E-state index < -0.39 is 18.0 Å². The Balaban J connectivity index is 1.80. The lowest BCUT2D eigenvalue weighted by Gasteiger charge is -2.37. The normalized spacial score (nSPS) is 14.2. The van der Waals surface area contributed by atoms with Crippen LogP contribution in [0, 0.1) is 6.92 Å². The van der Waals surface area contributed by atoms with Gasteiger partial charge in [-0.15, -0.1) is 11.6 Å². The predicted octanol–water partition coefficient (Wildman–Crippen LogP) is 1.75. The smallest absolute Gasteiger partial charge is 0.319 e. The van der Waals surface area contributed by atoms with E-state index >= 15 is 0 Å². The molecule has 6 N–H and O–H groups in total. The Morgan fingerprint density at radius 3 is 2.51 bits per heavy atom. The summed E-state index contributed by atoms with van der Waals surface area (Å²) in [7, 11) is 0. The maximum atomic E-state index is 14.0. The van der Waals surface area contributed by atoms with Crippen molar-refractivity contribution in [1.82, 2.24) is 20.0 Å². The number of aliphatic hydroxyl groups excluding tert-OH is 1. The molecule has 1 heterocycles. The molecule has 1 aliphatic heterocycles. The number of carbonyl (C=O) groups excluding carboxylic acids is 4. The van der Waals surface area contributed by atoms with E-state index in [2.05, 4.69) is 15.5 Å². The van der Waals surface area contributed by atoms with Crippen LogP contribution in [0.3, 0.4) is 0 Å². The highest BCUT2D eigenvalue weighted by molar-refractivity contribution is 6.27. The molecule has 0 saturated carbocycles. The number of hydrogen-bond donors (Lipinski definition) is 5. The Labute approximate surface area is 256 Å². The molecule has 0 bridgehead atoms. The average Bonchev–Trinajstić information content (AvgIpc) is 2.99. The Hall–Kier alpha value is -3.87. The monoisotopic (exact) mass is 616 g/mol. The van der Waals surface area contributed by atoms with Crippen molar-refractivity contribution in [3.8, 4) is 5.75 Å². The number of hydrogen-bond acceptors (Lipinski definition) is 7. The van der Waals surface area contributed by atoms with Gasteiger partial charge in [0.05, 0.1) is 19.0 Å². The van der Waals surface area contributed by atoms with Crippen LogP contribution in [0.25, 0.3) is 0 Å². The molecule has 13 heteroatoms. The minimum atomic E-state index is -0.990. The Kier molecular flexibility index (Phi) is 13.0. The summed E-state index contributed by atoms with van der Waals surface area (Å²) in [6.45, 7) is 4.30. The summed E-state index contributed by atoms with van der Waals surface area (Å²) in [4.78, 5) is 56.2. The molecule has 2 aromatic carbocycles. The number of nitrogens with one attached hydrogen (secondary N) is 2. The molecule has 43 heavy (non-hydrogen) atoms. The number of phenols is 1. The van der Waals surface area contributed by atoms with Gasteiger partial charge < -0.3 is 36.4 Å². The minimum absolute atomic E-state index is 0.0738. The first kappa shape index (κ1) is 33.6. The van der Waals surface area contributed by atoms with Gasteiger partial charge in [-0.3, -0.25) is 19.3 Å². The second-order valence-electron chi connectivity index (χ2n) is 10.6. The zero-order valence-electron chi connectivity index (χ0n) is 24.4. The van der Waals surface area contributed by atoms with E-state index in [0.29, 0.717) is 49.5 Å². The van der Waals surface area contributed by atoms with Crippen molar-refractivity contribution < 1.29 is 29.4 Å². The third-order valence-electron chi connectivity index (χ3n) is 7.34. The first-order valence-electron chi connectivity index (χ1n) is 14.3. The van der Waals surface area contributed by atoms with Crippen molar-refractivity contribution in [2.24, 2.45) is 5.73 Å². The minimum Gasteiger partial charge on any atom is -0.508 e. The van der Waals surface area contributed by atoms with Gasteiger partial charge in [-0.05, 0) is 43.0 Å². The lowest BCUT2D eigenvalue weighted by atomic mass is 10.0. The number of aromatic hydroxyl groups is 1. The van der Waals surface area contributed by atoms with E-state index in [1.54, 1.807) is 47.1 Å². The quantitative estimate of drug-likeness (QED) is 0.201. The molecular formula is C30H41ClN6O6. The lowest BCUT2D eigenvalue weighted by Crippen LogP contribution is -2.54. The van der Waals surface area contributed by atoms with Crippen LogP contribution in [-0.2, 0) is 27.4 Å². The lowest BCUT2D eigenvalue weighted by molar-refractivity contribution is -0.135. The number of benzene rings is 2. The molecule has 3 rings (SSSR count). The third-order valence-corrected chi connectivity index (χ3v) is 7.57. The Bertz CT molecular complexity index is 1260. The molecule has 1 saturated heterocycles. The van der Waals surface area contributed by atoms with Crippen molar-refractivity contribution >= 4 is 41.0 Å². The fourth-order valence-corrected chi connectivity index (χ4v) is 5.18. The van der Waals surface area contributed by atoms with Gasteiger partial charge >= 0.3 is 6.03 Å². The number of urea groups is 1. The highest BCUT2D eigenvalue weighted by atomic mass is 35.5. The number of alkyl halides is 1. The maximum absolute atomic E-state index is 14.0.